The fourth-order valence-electron chi connectivity index (χ4n) is 2.95. The Hall–Kier alpha value is -1.85. The van der Waals surface area contributed by atoms with Crippen LogP contribution in [0.15, 0.2) is 36.4 Å². The summed E-state index contributed by atoms with van der Waals surface area (Å²) in [4.78, 5) is 11.6. The number of hydrogen-bond acceptors (Lipinski definition) is 5. The Morgan fingerprint density at radius 3 is 2.34 bits per heavy atom. The van der Waals surface area contributed by atoms with E-state index in [9.17, 15) is 4.79 Å². The number of carbonyl (C=O) groups excluding carboxylic acids is 1. The van der Waals surface area contributed by atoms with E-state index in [0.29, 0.717) is 6.61 Å². The quantitative estimate of drug-likeness (QED) is 0.238. The predicted molar refractivity (Wildman–Crippen MR) is 116 cm³/mol. The number of ether oxygens (including phenoxy) is 4. The highest BCUT2D eigenvalue weighted by Gasteiger charge is 2.31. The average molecular weight is 407 g/mol. The Balaban J connectivity index is 2.89. The van der Waals surface area contributed by atoms with Gasteiger partial charge in [-0.05, 0) is 30.5 Å². The Labute approximate surface area is 176 Å². The maximum atomic E-state index is 11.6. The lowest BCUT2D eigenvalue weighted by Gasteiger charge is -2.34. The molecular formula is C24H38O5. The van der Waals surface area contributed by atoms with Crippen molar-refractivity contribution in [3.8, 4) is 5.75 Å². The van der Waals surface area contributed by atoms with E-state index in [2.05, 4.69) is 27.7 Å². The summed E-state index contributed by atoms with van der Waals surface area (Å²) in [6, 6.07) is 7.86. The number of unbranched alkanes of at least 4 members (excludes halogenated alkanes) is 1. The molecule has 164 valence electrons. The van der Waals surface area contributed by atoms with E-state index in [1.165, 1.54) is 13.2 Å². The number of hydrogen-bond donors (Lipinski definition) is 0. The van der Waals surface area contributed by atoms with Crippen LogP contribution in [0.3, 0.4) is 0 Å². The molecule has 0 radical (unpaired) electrons. The van der Waals surface area contributed by atoms with Crippen LogP contribution in [0.5, 0.6) is 5.75 Å². The second-order valence-electron chi connectivity index (χ2n) is 7.82. The highest BCUT2D eigenvalue weighted by molar-refractivity contribution is 5.81. The molecule has 0 aliphatic carbocycles. The van der Waals surface area contributed by atoms with E-state index in [4.69, 9.17) is 18.9 Å². The zero-order valence-corrected chi connectivity index (χ0v) is 18.9. The molecule has 0 fully saturated rings. The molecule has 0 amide bonds. The van der Waals surface area contributed by atoms with Gasteiger partial charge in [-0.25, -0.2) is 4.79 Å². The Bertz CT molecular complexity index is 606. The Morgan fingerprint density at radius 2 is 1.79 bits per heavy atom. The van der Waals surface area contributed by atoms with Gasteiger partial charge < -0.3 is 18.9 Å². The van der Waals surface area contributed by atoms with Gasteiger partial charge in [0.2, 0.25) is 0 Å². The zero-order chi connectivity index (χ0) is 21.7. The molecule has 29 heavy (non-hydrogen) atoms. The number of benzene rings is 1. The van der Waals surface area contributed by atoms with Gasteiger partial charge in [-0.15, -0.1) is 0 Å². The first-order chi connectivity index (χ1) is 13.9. The van der Waals surface area contributed by atoms with Gasteiger partial charge in [-0.2, -0.15) is 0 Å². The van der Waals surface area contributed by atoms with E-state index in [-0.39, 0.29) is 23.6 Å². The smallest absolute Gasteiger partial charge is 0.330 e. The fourth-order valence-corrected chi connectivity index (χ4v) is 2.95. The second kappa shape index (κ2) is 13.4. The molecule has 5 heteroatoms. The molecular weight excluding hydrogens is 368 g/mol. The van der Waals surface area contributed by atoms with Gasteiger partial charge in [-0.1, -0.05) is 52.3 Å². The summed E-state index contributed by atoms with van der Waals surface area (Å²) in [7, 11) is 3.03. The molecule has 1 aromatic carbocycles. The molecule has 1 rings (SSSR count). The Morgan fingerprint density at radius 1 is 1.10 bits per heavy atom. The van der Waals surface area contributed by atoms with Crippen LogP contribution < -0.4 is 4.74 Å². The lowest BCUT2D eigenvalue weighted by molar-refractivity contribution is -0.134. The van der Waals surface area contributed by atoms with Crippen molar-refractivity contribution in [3.05, 3.63) is 42.0 Å². The number of rotatable bonds is 14. The summed E-state index contributed by atoms with van der Waals surface area (Å²) in [6.07, 6.45) is 7.20. The largest absolute Gasteiger partial charge is 0.497 e. The first-order valence-corrected chi connectivity index (χ1v) is 10.5. The van der Waals surface area contributed by atoms with E-state index < -0.39 is 0 Å². The molecule has 0 aliphatic heterocycles. The minimum atomic E-state index is -0.363. The van der Waals surface area contributed by atoms with Gasteiger partial charge in [0.05, 0.1) is 33.0 Å². The van der Waals surface area contributed by atoms with Crippen LogP contribution in [0, 0.1) is 5.41 Å². The van der Waals surface area contributed by atoms with Crippen molar-refractivity contribution >= 4 is 5.97 Å². The molecule has 0 spiro atoms. The van der Waals surface area contributed by atoms with Gasteiger partial charge in [0.15, 0.2) is 0 Å². The first-order valence-electron chi connectivity index (χ1n) is 10.5. The minimum absolute atomic E-state index is 0.114. The maximum Gasteiger partial charge on any atom is 0.330 e. The predicted octanol–water partition coefficient (Wildman–Crippen LogP) is 5.32. The molecule has 0 unspecified atom stereocenters. The zero-order valence-electron chi connectivity index (χ0n) is 18.9. The van der Waals surface area contributed by atoms with E-state index in [1.807, 2.05) is 30.3 Å². The molecule has 5 nitrogen and oxygen atoms in total. The van der Waals surface area contributed by atoms with Crippen LogP contribution in [0.1, 0.15) is 58.9 Å². The molecule has 0 heterocycles. The normalized spacial score (nSPS) is 14.0. The molecule has 0 saturated carbocycles. The lowest BCUT2D eigenvalue weighted by Crippen LogP contribution is -2.35. The van der Waals surface area contributed by atoms with Crippen molar-refractivity contribution in [3.63, 3.8) is 0 Å². The van der Waals surface area contributed by atoms with Gasteiger partial charge in [0, 0.05) is 24.5 Å². The molecule has 0 bridgehead atoms. The van der Waals surface area contributed by atoms with Gasteiger partial charge in [0.1, 0.15) is 5.75 Å². The average Bonchev–Trinajstić information content (AvgIpc) is 2.73. The number of methoxy groups -OCH3 is 2. The van der Waals surface area contributed by atoms with Gasteiger partial charge >= 0.3 is 5.97 Å². The Kier molecular flexibility index (Phi) is 11.6. The summed E-state index contributed by atoms with van der Waals surface area (Å²) in [6.45, 7) is 9.68. The van der Waals surface area contributed by atoms with Crippen molar-refractivity contribution < 1.29 is 23.7 Å². The minimum Gasteiger partial charge on any atom is -0.497 e. The number of esters is 1. The van der Waals surface area contributed by atoms with Crippen LogP contribution in [-0.2, 0) is 25.6 Å². The van der Waals surface area contributed by atoms with Gasteiger partial charge in [0.25, 0.3) is 0 Å². The monoisotopic (exact) mass is 406 g/mol. The van der Waals surface area contributed by atoms with Crippen molar-refractivity contribution in [2.45, 2.75) is 72.2 Å². The summed E-state index contributed by atoms with van der Waals surface area (Å²) in [5.74, 6) is 0.459. The fraction of sp³-hybridized carbons (Fsp3) is 0.625. The summed E-state index contributed by atoms with van der Waals surface area (Å²) in [5, 5.41) is 0. The highest BCUT2D eigenvalue weighted by atomic mass is 16.5. The molecule has 2 atom stereocenters. The van der Waals surface area contributed by atoms with Crippen molar-refractivity contribution in [2.24, 2.45) is 5.41 Å². The molecule has 1 aromatic rings. The van der Waals surface area contributed by atoms with Gasteiger partial charge in [-0.3, -0.25) is 0 Å². The summed E-state index contributed by atoms with van der Waals surface area (Å²) >= 11 is 0. The van der Waals surface area contributed by atoms with E-state index in [0.717, 1.165) is 43.6 Å². The van der Waals surface area contributed by atoms with Crippen LogP contribution in [0.2, 0.25) is 0 Å². The number of carbonyl (C=O) groups is 1. The second-order valence-corrected chi connectivity index (χ2v) is 7.82. The van der Waals surface area contributed by atoms with Crippen molar-refractivity contribution in [1.29, 1.82) is 0 Å². The molecule has 0 aliphatic rings. The topological polar surface area (TPSA) is 54.0 Å². The first kappa shape index (κ1) is 25.2. The third-order valence-corrected chi connectivity index (χ3v) is 5.07. The van der Waals surface area contributed by atoms with E-state index >= 15 is 0 Å². The van der Waals surface area contributed by atoms with Crippen molar-refractivity contribution in [1.82, 2.24) is 0 Å². The summed E-state index contributed by atoms with van der Waals surface area (Å²) < 4.78 is 22.4. The third kappa shape index (κ3) is 9.46. The molecule has 0 aromatic heterocycles. The SMILES string of the molecule is CCCCO[C@@H](CC)C[C@@H](OCc1ccc(OC)cc1)C(C)(C)/C=C/C(=O)OC. The lowest BCUT2D eigenvalue weighted by atomic mass is 9.82. The summed E-state index contributed by atoms with van der Waals surface area (Å²) in [5.41, 5.74) is 0.714. The maximum absolute atomic E-state index is 11.6. The highest BCUT2D eigenvalue weighted by Crippen LogP contribution is 2.31. The van der Waals surface area contributed by atoms with E-state index in [1.54, 1.807) is 7.11 Å². The standard InChI is InChI=1S/C24H38O5/c1-7-9-16-28-20(8-2)17-22(24(3,4)15-14-23(25)27-6)29-18-19-10-12-21(26-5)13-11-19/h10-15,20,22H,7-9,16-18H2,1-6H3/b15-14+/t20-,22+/m0/s1. The van der Waals surface area contributed by atoms with Crippen LogP contribution in [0.4, 0.5) is 0 Å². The van der Waals surface area contributed by atoms with Crippen LogP contribution in [0.25, 0.3) is 0 Å². The van der Waals surface area contributed by atoms with Crippen LogP contribution in [-0.4, -0.2) is 39.0 Å². The molecule has 0 saturated heterocycles. The third-order valence-electron chi connectivity index (χ3n) is 5.07. The van der Waals surface area contributed by atoms with Crippen LogP contribution >= 0.6 is 0 Å². The van der Waals surface area contributed by atoms with Crippen molar-refractivity contribution in [2.75, 3.05) is 20.8 Å². The molecule has 0 N–H and O–H groups in total.